The topological polar surface area (TPSA) is 34.1 Å². The highest BCUT2D eigenvalue weighted by Crippen LogP contribution is 2.10. The second-order valence-corrected chi connectivity index (χ2v) is 3.70. The molecule has 0 aromatic carbocycles. The maximum Gasteiger partial charge on any atom is 0.0951 e. The summed E-state index contributed by atoms with van der Waals surface area (Å²) in [6.07, 6.45) is 0.924. The zero-order chi connectivity index (χ0) is 9.52. The molecule has 0 amide bonds. The molecule has 3 nitrogen and oxygen atoms in total. The van der Waals surface area contributed by atoms with E-state index < -0.39 is 0 Å². The Morgan fingerprint density at radius 1 is 1.62 bits per heavy atom. The minimum atomic E-state index is 0.758. The van der Waals surface area contributed by atoms with Crippen LogP contribution in [-0.4, -0.2) is 25.2 Å². The lowest BCUT2D eigenvalue weighted by Gasteiger charge is -1.96. The lowest BCUT2D eigenvalue weighted by Crippen LogP contribution is -2.11. The first-order valence-corrected chi connectivity index (χ1v) is 5.37. The van der Waals surface area contributed by atoms with Gasteiger partial charge in [-0.05, 0) is 6.54 Å². The molecule has 0 aliphatic carbocycles. The summed E-state index contributed by atoms with van der Waals surface area (Å²) in [6.45, 7) is 4.72. The summed E-state index contributed by atoms with van der Waals surface area (Å²) < 4.78 is 4.99. The van der Waals surface area contributed by atoms with Gasteiger partial charge < -0.3 is 10.1 Å². The molecule has 1 N–H and O–H groups in total. The van der Waals surface area contributed by atoms with E-state index >= 15 is 0 Å². The molecule has 4 heteroatoms. The Morgan fingerprint density at radius 3 is 3.15 bits per heavy atom. The fourth-order valence-corrected chi connectivity index (χ4v) is 1.77. The third-order valence-corrected chi connectivity index (χ3v) is 2.63. The first-order valence-electron chi connectivity index (χ1n) is 4.49. The number of methoxy groups -OCH3 is 1. The molecule has 0 atom stereocenters. The number of rotatable bonds is 6. The predicted molar refractivity (Wildman–Crippen MR) is 55.1 cm³/mol. The Kier molecular flexibility index (Phi) is 4.97. The third-order valence-electron chi connectivity index (χ3n) is 1.68. The van der Waals surface area contributed by atoms with Crippen molar-refractivity contribution in [3.05, 3.63) is 16.1 Å². The van der Waals surface area contributed by atoms with Gasteiger partial charge in [0.15, 0.2) is 0 Å². The standard InChI is InChI=1S/C9H16N2OS/c1-3-10-6-8-7-13-9(11-8)4-5-12-2/h7,10H,3-6H2,1-2H3. The van der Waals surface area contributed by atoms with Crippen LogP contribution in [0, 0.1) is 0 Å². The van der Waals surface area contributed by atoms with E-state index in [-0.39, 0.29) is 0 Å². The van der Waals surface area contributed by atoms with Gasteiger partial charge in [-0.25, -0.2) is 4.98 Å². The maximum absolute atomic E-state index is 4.99. The Bertz CT molecular complexity index is 215. The van der Waals surface area contributed by atoms with Crippen LogP contribution in [0.25, 0.3) is 0 Å². The van der Waals surface area contributed by atoms with Crippen molar-refractivity contribution in [2.24, 2.45) is 0 Å². The van der Waals surface area contributed by atoms with Crippen LogP contribution in [0.15, 0.2) is 5.38 Å². The van der Waals surface area contributed by atoms with Crippen LogP contribution >= 0.6 is 11.3 Å². The van der Waals surface area contributed by atoms with Crippen molar-refractivity contribution in [2.75, 3.05) is 20.3 Å². The molecule has 74 valence electrons. The molecule has 0 fully saturated rings. The average Bonchev–Trinajstić information content (AvgIpc) is 2.59. The molecular formula is C9H16N2OS. The smallest absolute Gasteiger partial charge is 0.0951 e. The summed E-state index contributed by atoms with van der Waals surface area (Å²) >= 11 is 1.71. The molecule has 13 heavy (non-hydrogen) atoms. The van der Waals surface area contributed by atoms with Crippen molar-refractivity contribution in [3.8, 4) is 0 Å². The largest absolute Gasteiger partial charge is 0.384 e. The highest BCUT2D eigenvalue weighted by Gasteiger charge is 2.00. The lowest BCUT2D eigenvalue weighted by molar-refractivity contribution is 0.202. The van der Waals surface area contributed by atoms with Crippen LogP contribution in [-0.2, 0) is 17.7 Å². The summed E-state index contributed by atoms with van der Waals surface area (Å²) in [5.41, 5.74) is 1.14. The van der Waals surface area contributed by atoms with Gasteiger partial charge in [-0.2, -0.15) is 0 Å². The van der Waals surface area contributed by atoms with Crippen LogP contribution in [0.3, 0.4) is 0 Å². The van der Waals surface area contributed by atoms with Crippen molar-refractivity contribution in [1.82, 2.24) is 10.3 Å². The summed E-state index contributed by atoms with van der Waals surface area (Å²) in [4.78, 5) is 4.46. The van der Waals surface area contributed by atoms with Crippen molar-refractivity contribution in [1.29, 1.82) is 0 Å². The number of ether oxygens (including phenoxy) is 1. The van der Waals surface area contributed by atoms with Crippen molar-refractivity contribution >= 4 is 11.3 Å². The van der Waals surface area contributed by atoms with Gasteiger partial charge in [-0.3, -0.25) is 0 Å². The zero-order valence-corrected chi connectivity index (χ0v) is 8.99. The first-order chi connectivity index (χ1) is 6.36. The van der Waals surface area contributed by atoms with Crippen molar-refractivity contribution in [3.63, 3.8) is 0 Å². The Hall–Kier alpha value is -0.450. The van der Waals surface area contributed by atoms with Crippen LogP contribution in [0.5, 0.6) is 0 Å². The molecule has 0 radical (unpaired) electrons. The molecule has 0 aliphatic heterocycles. The van der Waals surface area contributed by atoms with Gasteiger partial charge in [0.1, 0.15) is 0 Å². The van der Waals surface area contributed by atoms with E-state index in [4.69, 9.17) is 4.74 Å². The van der Waals surface area contributed by atoms with E-state index in [1.807, 2.05) is 0 Å². The molecule has 0 bridgehead atoms. The van der Waals surface area contributed by atoms with E-state index in [0.717, 1.165) is 36.8 Å². The molecule has 0 saturated carbocycles. The van der Waals surface area contributed by atoms with Crippen molar-refractivity contribution < 1.29 is 4.74 Å². The average molecular weight is 200 g/mol. The van der Waals surface area contributed by atoms with E-state index in [1.54, 1.807) is 18.4 Å². The van der Waals surface area contributed by atoms with Gasteiger partial charge >= 0.3 is 0 Å². The molecule has 1 aromatic heterocycles. The van der Waals surface area contributed by atoms with Gasteiger partial charge in [0, 0.05) is 25.5 Å². The molecule has 0 saturated heterocycles. The van der Waals surface area contributed by atoms with Gasteiger partial charge in [-0.15, -0.1) is 11.3 Å². The van der Waals surface area contributed by atoms with Crippen LogP contribution in [0.1, 0.15) is 17.6 Å². The SMILES string of the molecule is CCNCc1csc(CCOC)n1. The molecule has 1 rings (SSSR count). The normalized spacial score (nSPS) is 10.6. The van der Waals surface area contributed by atoms with E-state index in [2.05, 4.69) is 22.6 Å². The first kappa shape index (κ1) is 10.6. The maximum atomic E-state index is 4.99. The zero-order valence-electron chi connectivity index (χ0n) is 8.17. The molecule has 1 aromatic rings. The monoisotopic (exact) mass is 200 g/mol. The highest BCUT2D eigenvalue weighted by molar-refractivity contribution is 7.09. The van der Waals surface area contributed by atoms with Gasteiger partial charge in [0.25, 0.3) is 0 Å². The highest BCUT2D eigenvalue weighted by atomic mass is 32.1. The third kappa shape index (κ3) is 3.85. The Labute approximate surface area is 83.1 Å². The molecular weight excluding hydrogens is 184 g/mol. The van der Waals surface area contributed by atoms with Gasteiger partial charge in [0.05, 0.1) is 17.3 Å². The van der Waals surface area contributed by atoms with Gasteiger partial charge in [-0.1, -0.05) is 6.92 Å². The van der Waals surface area contributed by atoms with Crippen LogP contribution in [0.4, 0.5) is 0 Å². The minimum Gasteiger partial charge on any atom is -0.384 e. The molecule has 1 heterocycles. The number of nitrogens with one attached hydrogen (secondary N) is 1. The number of nitrogens with zero attached hydrogens (tertiary/aromatic N) is 1. The predicted octanol–water partition coefficient (Wildman–Crippen LogP) is 1.44. The van der Waals surface area contributed by atoms with Crippen LogP contribution in [0.2, 0.25) is 0 Å². The molecule has 0 unspecified atom stereocenters. The second-order valence-electron chi connectivity index (χ2n) is 2.76. The molecule has 0 aliphatic rings. The quantitative estimate of drug-likeness (QED) is 0.754. The van der Waals surface area contributed by atoms with E-state index in [9.17, 15) is 0 Å². The second kappa shape index (κ2) is 6.07. The number of hydrogen-bond donors (Lipinski definition) is 1. The minimum absolute atomic E-state index is 0.758. The molecule has 0 spiro atoms. The Morgan fingerprint density at radius 2 is 2.46 bits per heavy atom. The number of hydrogen-bond acceptors (Lipinski definition) is 4. The summed E-state index contributed by atoms with van der Waals surface area (Å²) in [5.74, 6) is 0. The lowest BCUT2D eigenvalue weighted by atomic mass is 10.4. The summed E-state index contributed by atoms with van der Waals surface area (Å²) in [5, 5.41) is 6.51. The van der Waals surface area contributed by atoms with E-state index in [1.165, 1.54) is 0 Å². The number of thiazole rings is 1. The van der Waals surface area contributed by atoms with Gasteiger partial charge in [0.2, 0.25) is 0 Å². The summed E-state index contributed by atoms with van der Waals surface area (Å²) in [6, 6.07) is 0. The van der Waals surface area contributed by atoms with E-state index in [0.29, 0.717) is 0 Å². The fourth-order valence-electron chi connectivity index (χ4n) is 0.987. The van der Waals surface area contributed by atoms with Crippen molar-refractivity contribution in [2.45, 2.75) is 19.9 Å². The number of aromatic nitrogens is 1. The Balaban J connectivity index is 2.34. The van der Waals surface area contributed by atoms with Crippen LogP contribution < -0.4 is 5.32 Å². The fraction of sp³-hybridized carbons (Fsp3) is 0.667. The summed E-state index contributed by atoms with van der Waals surface area (Å²) in [7, 11) is 1.72.